The number of hydrogen-bond donors (Lipinski definition) is 1. The number of benzene rings is 1. The van der Waals surface area contributed by atoms with Crippen LogP contribution in [-0.4, -0.2) is 27.9 Å². The highest BCUT2D eigenvalue weighted by atomic mass is 32.2. The van der Waals surface area contributed by atoms with Crippen molar-refractivity contribution in [1.82, 2.24) is 9.97 Å². The van der Waals surface area contributed by atoms with Crippen LogP contribution in [0.15, 0.2) is 35.5 Å². The van der Waals surface area contributed by atoms with E-state index >= 15 is 0 Å². The van der Waals surface area contributed by atoms with Gasteiger partial charge in [-0.15, -0.1) is 0 Å². The summed E-state index contributed by atoms with van der Waals surface area (Å²) in [6, 6.07) is 11.4. The first-order valence-electron chi connectivity index (χ1n) is 7.49. The molecule has 1 heterocycles. The zero-order valence-electron chi connectivity index (χ0n) is 13.5. The molecule has 0 saturated carbocycles. The highest BCUT2D eigenvalue weighted by Crippen LogP contribution is 2.27. The number of esters is 1. The smallest absolute Gasteiger partial charge is 0.311 e. The zero-order chi connectivity index (χ0) is 17.5. The minimum absolute atomic E-state index is 0.0778. The minimum Gasteiger partial charge on any atom is -0.466 e. The summed E-state index contributed by atoms with van der Waals surface area (Å²) in [4.78, 5) is 20.6. The molecular formula is C17H18N4O2S. The van der Waals surface area contributed by atoms with E-state index in [1.165, 1.54) is 11.8 Å². The van der Waals surface area contributed by atoms with Crippen LogP contribution in [0, 0.1) is 11.3 Å². The Morgan fingerprint density at radius 3 is 2.67 bits per heavy atom. The third-order valence-electron chi connectivity index (χ3n) is 3.03. The molecule has 1 unspecified atom stereocenters. The molecule has 1 aromatic carbocycles. The Morgan fingerprint density at radius 2 is 2.08 bits per heavy atom. The topological polar surface area (TPSA) is 102 Å². The highest BCUT2D eigenvalue weighted by molar-refractivity contribution is 7.99. The molecule has 24 heavy (non-hydrogen) atoms. The Kier molecular flexibility index (Phi) is 6.29. The standard InChI is InChI=1S/C17H18N4O2S/c1-3-23-15(22)9-14-13(10-18)16(12-7-5-4-6-8-12)21-17(20-14)24-11(2)19/h4-8,11H,3,9,19H2,1-2H3. The van der Waals surface area contributed by atoms with Gasteiger partial charge in [0.2, 0.25) is 0 Å². The van der Waals surface area contributed by atoms with E-state index in [2.05, 4.69) is 16.0 Å². The lowest BCUT2D eigenvalue weighted by atomic mass is 10.0. The summed E-state index contributed by atoms with van der Waals surface area (Å²) in [5, 5.41) is 9.78. The van der Waals surface area contributed by atoms with Crippen molar-refractivity contribution in [2.75, 3.05) is 6.61 Å². The van der Waals surface area contributed by atoms with Gasteiger partial charge in [0.1, 0.15) is 11.6 Å². The van der Waals surface area contributed by atoms with Crippen LogP contribution in [-0.2, 0) is 16.0 Å². The fraction of sp³-hybridized carbons (Fsp3) is 0.294. The Hall–Kier alpha value is -2.43. The zero-order valence-corrected chi connectivity index (χ0v) is 14.3. The summed E-state index contributed by atoms with van der Waals surface area (Å²) >= 11 is 1.28. The van der Waals surface area contributed by atoms with Gasteiger partial charge in [-0.2, -0.15) is 5.26 Å². The average Bonchev–Trinajstić information content (AvgIpc) is 2.55. The van der Waals surface area contributed by atoms with Crippen LogP contribution in [0.1, 0.15) is 25.1 Å². The number of carbonyl (C=O) groups is 1. The third-order valence-corrected chi connectivity index (χ3v) is 3.80. The maximum atomic E-state index is 11.8. The molecule has 0 saturated heterocycles. The van der Waals surface area contributed by atoms with E-state index in [1.54, 1.807) is 6.92 Å². The quantitative estimate of drug-likeness (QED) is 0.372. The fourth-order valence-electron chi connectivity index (χ4n) is 2.10. The first-order valence-corrected chi connectivity index (χ1v) is 8.37. The van der Waals surface area contributed by atoms with Gasteiger partial charge in [0.05, 0.1) is 29.8 Å². The van der Waals surface area contributed by atoms with Gasteiger partial charge in [-0.3, -0.25) is 4.79 Å². The maximum Gasteiger partial charge on any atom is 0.311 e. The van der Waals surface area contributed by atoms with Crippen molar-refractivity contribution in [3.05, 3.63) is 41.6 Å². The number of nitrogens with two attached hydrogens (primary N) is 1. The number of ether oxygens (including phenoxy) is 1. The van der Waals surface area contributed by atoms with Gasteiger partial charge in [-0.25, -0.2) is 9.97 Å². The van der Waals surface area contributed by atoms with Crippen LogP contribution in [0.4, 0.5) is 0 Å². The molecule has 0 radical (unpaired) electrons. The van der Waals surface area contributed by atoms with Crippen molar-refractivity contribution in [3.63, 3.8) is 0 Å². The summed E-state index contributed by atoms with van der Waals surface area (Å²) in [7, 11) is 0. The lowest BCUT2D eigenvalue weighted by molar-refractivity contribution is -0.142. The van der Waals surface area contributed by atoms with Crippen molar-refractivity contribution >= 4 is 17.7 Å². The molecule has 1 aromatic heterocycles. The number of hydrogen-bond acceptors (Lipinski definition) is 7. The minimum atomic E-state index is -0.427. The molecule has 7 heteroatoms. The number of carbonyl (C=O) groups excluding carboxylic acids is 1. The second-order valence-corrected chi connectivity index (χ2v) is 6.30. The Bertz CT molecular complexity index is 757. The lowest BCUT2D eigenvalue weighted by Crippen LogP contribution is -2.14. The van der Waals surface area contributed by atoms with Crippen LogP contribution in [0.25, 0.3) is 11.3 Å². The van der Waals surface area contributed by atoms with Crippen molar-refractivity contribution < 1.29 is 9.53 Å². The largest absolute Gasteiger partial charge is 0.466 e. The molecule has 2 aromatic rings. The first kappa shape index (κ1) is 17.9. The van der Waals surface area contributed by atoms with Gasteiger partial charge in [0.25, 0.3) is 0 Å². The number of thioether (sulfide) groups is 1. The Balaban J connectivity index is 2.55. The van der Waals surface area contributed by atoms with Crippen LogP contribution in [0.3, 0.4) is 0 Å². The van der Waals surface area contributed by atoms with Crippen molar-refractivity contribution in [1.29, 1.82) is 5.26 Å². The van der Waals surface area contributed by atoms with E-state index in [-0.39, 0.29) is 24.0 Å². The molecule has 2 rings (SSSR count). The molecule has 0 aliphatic carbocycles. The van der Waals surface area contributed by atoms with Gasteiger partial charge < -0.3 is 10.5 Å². The van der Waals surface area contributed by atoms with E-state index in [0.29, 0.717) is 16.5 Å². The number of nitriles is 1. The highest BCUT2D eigenvalue weighted by Gasteiger charge is 2.19. The lowest BCUT2D eigenvalue weighted by Gasteiger charge is -2.12. The van der Waals surface area contributed by atoms with E-state index in [0.717, 1.165) is 5.56 Å². The third kappa shape index (κ3) is 4.54. The van der Waals surface area contributed by atoms with Crippen molar-refractivity contribution in [2.45, 2.75) is 30.8 Å². The van der Waals surface area contributed by atoms with Gasteiger partial charge in [-0.1, -0.05) is 42.1 Å². The normalized spacial score (nSPS) is 11.6. The monoisotopic (exact) mass is 342 g/mol. The van der Waals surface area contributed by atoms with Crippen molar-refractivity contribution in [3.8, 4) is 17.3 Å². The number of nitrogens with zero attached hydrogens (tertiary/aromatic N) is 3. The van der Waals surface area contributed by atoms with E-state index in [1.807, 2.05) is 37.3 Å². The Morgan fingerprint density at radius 1 is 1.38 bits per heavy atom. The van der Waals surface area contributed by atoms with Crippen LogP contribution in [0.5, 0.6) is 0 Å². The maximum absolute atomic E-state index is 11.8. The van der Waals surface area contributed by atoms with Crippen LogP contribution in [0.2, 0.25) is 0 Å². The summed E-state index contributed by atoms with van der Waals surface area (Å²) in [6.45, 7) is 3.83. The van der Waals surface area contributed by atoms with Crippen LogP contribution < -0.4 is 5.73 Å². The van der Waals surface area contributed by atoms with Gasteiger partial charge in [0.15, 0.2) is 5.16 Å². The molecule has 6 nitrogen and oxygen atoms in total. The van der Waals surface area contributed by atoms with Gasteiger partial charge in [0, 0.05) is 5.56 Å². The summed E-state index contributed by atoms with van der Waals surface area (Å²) < 4.78 is 4.97. The molecule has 0 aliphatic heterocycles. The summed E-state index contributed by atoms with van der Waals surface area (Å²) in [5.74, 6) is -0.427. The molecule has 2 N–H and O–H groups in total. The molecular weight excluding hydrogens is 324 g/mol. The molecule has 124 valence electrons. The molecule has 0 amide bonds. The predicted molar refractivity (Wildman–Crippen MR) is 92.0 cm³/mol. The molecule has 0 spiro atoms. The molecule has 0 fully saturated rings. The Labute approximate surface area is 145 Å². The van der Waals surface area contributed by atoms with Crippen LogP contribution >= 0.6 is 11.8 Å². The molecule has 0 aliphatic rings. The SMILES string of the molecule is CCOC(=O)Cc1nc(SC(C)N)nc(-c2ccccc2)c1C#N. The van der Waals surface area contributed by atoms with E-state index < -0.39 is 5.97 Å². The summed E-state index contributed by atoms with van der Waals surface area (Å²) in [6.07, 6.45) is -0.0778. The summed E-state index contributed by atoms with van der Waals surface area (Å²) in [5.41, 5.74) is 7.73. The van der Waals surface area contributed by atoms with Gasteiger partial charge >= 0.3 is 5.97 Å². The first-order chi connectivity index (χ1) is 11.5. The van der Waals surface area contributed by atoms with E-state index in [9.17, 15) is 10.1 Å². The van der Waals surface area contributed by atoms with Gasteiger partial charge in [-0.05, 0) is 13.8 Å². The van der Waals surface area contributed by atoms with Crippen molar-refractivity contribution in [2.24, 2.45) is 5.73 Å². The molecule has 1 atom stereocenters. The number of rotatable bonds is 6. The molecule has 0 bridgehead atoms. The average molecular weight is 342 g/mol. The second-order valence-electron chi connectivity index (χ2n) is 4.96. The van der Waals surface area contributed by atoms with E-state index in [4.69, 9.17) is 10.5 Å². The predicted octanol–water partition coefficient (Wildman–Crippen LogP) is 2.52. The second kappa shape index (κ2) is 8.43. The fourth-order valence-corrected chi connectivity index (χ4v) is 2.74. The number of aromatic nitrogens is 2.